The van der Waals surface area contributed by atoms with Crippen molar-refractivity contribution in [1.82, 2.24) is 4.90 Å². The summed E-state index contributed by atoms with van der Waals surface area (Å²) in [4.78, 5) is 12.4. The molecule has 1 aliphatic rings. The first-order chi connectivity index (χ1) is 6.29. The van der Waals surface area contributed by atoms with Crippen molar-refractivity contribution in [3.8, 4) is 0 Å². The molecule has 13 heavy (non-hydrogen) atoms. The molecule has 0 aromatic rings. The van der Waals surface area contributed by atoms with Crippen LogP contribution in [0.5, 0.6) is 0 Å². The molecule has 0 aromatic heterocycles. The van der Waals surface area contributed by atoms with E-state index in [1.807, 2.05) is 4.90 Å². The Labute approximate surface area is 77.7 Å². The molecule has 2 atom stereocenters. The van der Waals surface area contributed by atoms with Gasteiger partial charge in [-0.25, -0.2) is 0 Å². The van der Waals surface area contributed by atoms with Gasteiger partial charge in [-0.15, -0.1) is 4.91 Å². The van der Waals surface area contributed by atoms with Crippen LogP contribution in [0.1, 0.15) is 12.8 Å². The molecule has 2 N–H and O–H groups in total. The Morgan fingerprint density at radius 3 is 3.08 bits per heavy atom. The maximum atomic E-state index is 10.5. The Kier molecular flexibility index (Phi) is 4.27. The van der Waals surface area contributed by atoms with Crippen molar-refractivity contribution < 1.29 is 9.84 Å². The Balaban J connectivity index is 2.44. The van der Waals surface area contributed by atoms with E-state index in [2.05, 4.69) is 5.18 Å². The smallest absolute Gasteiger partial charge is 0.216 e. The number of methoxy groups -OCH3 is 1. The van der Waals surface area contributed by atoms with Gasteiger partial charge in [-0.2, -0.15) is 0 Å². The fourth-order valence-corrected chi connectivity index (χ4v) is 1.64. The highest BCUT2D eigenvalue weighted by atomic mass is 16.5. The van der Waals surface area contributed by atoms with Crippen LogP contribution in [0.15, 0.2) is 5.18 Å². The predicted octanol–water partition coefficient (Wildman–Crippen LogP) is -0.0857. The molecular formula is C8H17N2O3+. The van der Waals surface area contributed by atoms with Crippen molar-refractivity contribution in [3.63, 3.8) is 0 Å². The maximum Gasteiger partial charge on any atom is 0.216 e. The third kappa shape index (κ3) is 2.72. The third-order valence-electron chi connectivity index (χ3n) is 2.39. The van der Waals surface area contributed by atoms with Gasteiger partial charge >= 0.3 is 0 Å². The highest BCUT2D eigenvalue weighted by Crippen LogP contribution is 2.17. The van der Waals surface area contributed by atoms with Crippen LogP contribution in [0.2, 0.25) is 0 Å². The van der Waals surface area contributed by atoms with E-state index in [9.17, 15) is 4.91 Å². The molecule has 0 saturated carbocycles. The lowest BCUT2D eigenvalue weighted by molar-refractivity contribution is 0.00331. The second-order valence-electron chi connectivity index (χ2n) is 3.30. The molecule has 0 aromatic carbocycles. The summed E-state index contributed by atoms with van der Waals surface area (Å²) in [6.45, 7) is 2.15. The normalized spacial score (nSPS) is 30.3. The summed E-state index contributed by atoms with van der Waals surface area (Å²) in [5.74, 6) is 0. The largest absolute Gasteiger partial charge is 0.441 e. The lowest BCUT2D eigenvalue weighted by Crippen LogP contribution is -2.47. The average molecular weight is 189 g/mol. The molecule has 1 saturated heterocycles. The summed E-state index contributed by atoms with van der Waals surface area (Å²) in [7, 11) is 1.63. The van der Waals surface area contributed by atoms with Crippen LogP contribution in [0.4, 0.5) is 0 Å². The molecule has 0 aliphatic carbocycles. The van der Waals surface area contributed by atoms with Crippen molar-refractivity contribution in [3.05, 3.63) is 4.91 Å². The first-order valence-electron chi connectivity index (χ1n) is 4.56. The first kappa shape index (κ1) is 10.6. The third-order valence-corrected chi connectivity index (χ3v) is 2.39. The van der Waals surface area contributed by atoms with Crippen LogP contribution in [0.25, 0.3) is 0 Å². The van der Waals surface area contributed by atoms with E-state index in [0.29, 0.717) is 13.2 Å². The van der Waals surface area contributed by atoms with Crippen molar-refractivity contribution in [2.24, 2.45) is 5.18 Å². The van der Waals surface area contributed by atoms with Crippen LogP contribution in [0, 0.1) is 4.91 Å². The summed E-state index contributed by atoms with van der Waals surface area (Å²) in [5, 5.41) is 10.6. The van der Waals surface area contributed by atoms with Crippen LogP contribution in [-0.4, -0.2) is 49.1 Å². The summed E-state index contributed by atoms with van der Waals surface area (Å²) in [6, 6.07) is 0. The maximum absolute atomic E-state index is 10.5. The van der Waals surface area contributed by atoms with Crippen LogP contribution in [0.3, 0.4) is 0 Å². The molecule has 5 nitrogen and oxygen atoms in total. The molecule has 0 radical (unpaired) electrons. The summed E-state index contributed by atoms with van der Waals surface area (Å²) < 4.78 is 4.93. The van der Waals surface area contributed by atoms with Gasteiger partial charge in [0.15, 0.2) is 6.10 Å². The van der Waals surface area contributed by atoms with Gasteiger partial charge in [0.1, 0.15) is 0 Å². The monoisotopic (exact) mass is 189 g/mol. The second kappa shape index (κ2) is 5.26. The molecule has 2 unspecified atom stereocenters. The van der Waals surface area contributed by atoms with Gasteiger partial charge in [-0.05, 0) is 11.6 Å². The molecule has 1 heterocycles. The molecule has 1 rings (SSSR count). The van der Waals surface area contributed by atoms with Gasteiger partial charge in [0.05, 0.1) is 6.61 Å². The molecule has 1 aliphatic heterocycles. The quantitative estimate of drug-likeness (QED) is 0.458. The number of nitroso groups, excluding NO2 is 1. The van der Waals surface area contributed by atoms with E-state index < -0.39 is 6.17 Å². The molecule has 0 amide bonds. The number of hydrogen-bond donors (Lipinski definition) is 0. The molecule has 0 bridgehead atoms. The molecule has 0 spiro atoms. The van der Waals surface area contributed by atoms with E-state index in [4.69, 9.17) is 9.84 Å². The van der Waals surface area contributed by atoms with Crippen LogP contribution in [-0.2, 0) is 4.74 Å². The van der Waals surface area contributed by atoms with Crippen molar-refractivity contribution in [1.29, 1.82) is 0 Å². The van der Waals surface area contributed by atoms with Gasteiger partial charge in [-0.3, -0.25) is 4.90 Å². The minimum absolute atomic E-state index is 0.358. The van der Waals surface area contributed by atoms with Gasteiger partial charge in [0.25, 0.3) is 0 Å². The fraction of sp³-hybridized carbons (Fsp3) is 1.00. The summed E-state index contributed by atoms with van der Waals surface area (Å²) in [5.41, 5.74) is 0. The SMILES string of the molecule is COCCN1CCCC([OH2+])C1N=O. The number of hydrogen-bond acceptors (Lipinski definition) is 4. The van der Waals surface area contributed by atoms with E-state index in [1.165, 1.54) is 0 Å². The topological polar surface area (TPSA) is 64.8 Å². The zero-order chi connectivity index (χ0) is 9.68. The lowest BCUT2D eigenvalue weighted by Gasteiger charge is -2.31. The Morgan fingerprint density at radius 1 is 1.69 bits per heavy atom. The Hall–Kier alpha value is -0.520. The molecular weight excluding hydrogens is 172 g/mol. The zero-order valence-corrected chi connectivity index (χ0v) is 7.90. The van der Waals surface area contributed by atoms with Gasteiger partial charge in [0.2, 0.25) is 6.17 Å². The van der Waals surface area contributed by atoms with E-state index >= 15 is 0 Å². The molecule has 1 fully saturated rings. The lowest BCUT2D eigenvalue weighted by atomic mass is 10.1. The Morgan fingerprint density at radius 2 is 2.46 bits per heavy atom. The highest BCUT2D eigenvalue weighted by molar-refractivity contribution is 4.81. The summed E-state index contributed by atoms with van der Waals surface area (Å²) >= 11 is 0. The van der Waals surface area contributed by atoms with Gasteiger partial charge < -0.3 is 9.84 Å². The van der Waals surface area contributed by atoms with Crippen LogP contribution < -0.4 is 0 Å². The van der Waals surface area contributed by atoms with Gasteiger partial charge in [0, 0.05) is 26.6 Å². The fourth-order valence-electron chi connectivity index (χ4n) is 1.64. The molecule has 76 valence electrons. The number of nitrogens with zero attached hydrogens (tertiary/aromatic N) is 2. The summed E-state index contributed by atoms with van der Waals surface area (Å²) in [6.07, 6.45) is 0.927. The number of rotatable bonds is 4. The van der Waals surface area contributed by atoms with Crippen LogP contribution >= 0.6 is 0 Å². The minimum atomic E-state index is -0.469. The van der Waals surface area contributed by atoms with E-state index in [0.717, 1.165) is 19.4 Å². The van der Waals surface area contributed by atoms with Crippen molar-refractivity contribution in [2.75, 3.05) is 26.8 Å². The minimum Gasteiger partial charge on any atom is -0.441 e. The Bertz CT molecular complexity index is 165. The second-order valence-corrected chi connectivity index (χ2v) is 3.30. The van der Waals surface area contributed by atoms with E-state index in [-0.39, 0.29) is 6.10 Å². The highest BCUT2D eigenvalue weighted by Gasteiger charge is 2.34. The first-order valence-corrected chi connectivity index (χ1v) is 4.56. The number of likely N-dealkylation sites (tertiary alicyclic amines) is 1. The number of piperidine rings is 1. The molecule has 5 heteroatoms. The zero-order valence-electron chi connectivity index (χ0n) is 7.90. The van der Waals surface area contributed by atoms with Crippen molar-refractivity contribution >= 4 is 0 Å². The average Bonchev–Trinajstić information content (AvgIpc) is 2.15. The number of ether oxygens (including phenoxy) is 1. The predicted molar refractivity (Wildman–Crippen MR) is 49.7 cm³/mol. The van der Waals surface area contributed by atoms with Crippen molar-refractivity contribution in [2.45, 2.75) is 25.1 Å². The van der Waals surface area contributed by atoms with Gasteiger partial charge in [-0.1, -0.05) is 0 Å². The van der Waals surface area contributed by atoms with E-state index in [1.54, 1.807) is 7.11 Å². The standard InChI is InChI=1S/C8H16N2O3/c1-13-6-5-10-4-2-3-7(11)8(10)9-12/h7-8,11H,2-6H2,1H3/p+1.